The van der Waals surface area contributed by atoms with Crippen molar-refractivity contribution in [1.82, 2.24) is 15.1 Å². The largest absolute Gasteiger partial charge is 0.305 e. The van der Waals surface area contributed by atoms with Gasteiger partial charge >= 0.3 is 0 Å². The quantitative estimate of drug-likeness (QED) is 0.871. The van der Waals surface area contributed by atoms with Gasteiger partial charge in [-0.05, 0) is 5.56 Å². The van der Waals surface area contributed by atoms with Crippen molar-refractivity contribution in [3.05, 3.63) is 53.9 Å². The van der Waals surface area contributed by atoms with Crippen LogP contribution in [0.15, 0.2) is 42.7 Å². The fourth-order valence-electron chi connectivity index (χ4n) is 1.89. The maximum absolute atomic E-state index is 8.89. The van der Waals surface area contributed by atoms with Gasteiger partial charge in [-0.25, -0.2) is 0 Å². The van der Waals surface area contributed by atoms with Crippen LogP contribution in [0.3, 0.4) is 0 Å². The summed E-state index contributed by atoms with van der Waals surface area (Å²) in [5.74, 6) is 0. The maximum atomic E-state index is 8.89. The zero-order chi connectivity index (χ0) is 12.8. The molecule has 1 aromatic carbocycles. The number of rotatable bonds is 5. The molecule has 1 N–H and O–H groups in total. The molecule has 0 aliphatic carbocycles. The third-order valence-electron chi connectivity index (χ3n) is 2.81. The Labute approximate surface area is 107 Å². The van der Waals surface area contributed by atoms with Crippen LogP contribution in [0, 0.1) is 11.3 Å². The smallest absolute Gasteiger partial charge is 0.0641 e. The van der Waals surface area contributed by atoms with E-state index in [-0.39, 0.29) is 6.04 Å². The first-order valence-corrected chi connectivity index (χ1v) is 5.92. The number of nitriles is 1. The maximum Gasteiger partial charge on any atom is 0.0641 e. The minimum absolute atomic E-state index is 0.0661. The van der Waals surface area contributed by atoms with Gasteiger partial charge in [0.15, 0.2) is 0 Å². The van der Waals surface area contributed by atoms with E-state index in [2.05, 4.69) is 16.5 Å². The van der Waals surface area contributed by atoms with Gasteiger partial charge in [0.2, 0.25) is 0 Å². The number of hydrogen-bond donors (Lipinski definition) is 1. The lowest BCUT2D eigenvalue weighted by molar-refractivity contribution is 0.542. The summed E-state index contributed by atoms with van der Waals surface area (Å²) in [5, 5.41) is 16.4. The molecule has 0 fully saturated rings. The minimum Gasteiger partial charge on any atom is -0.305 e. The molecule has 1 heterocycles. The fraction of sp³-hybridized carbons (Fsp3) is 0.286. The van der Waals surface area contributed by atoms with Crippen LogP contribution < -0.4 is 5.32 Å². The van der Waals surface area contributed by atoms with Gasteiger partial charge in [-0.15, -0.1) is 0 Å². The number of benzene rings is 1. The Hall–Kier alpha value is -2.12. The molecule has 92 valence electrons. The Balaban J connectivity index is 2.01. The van der Waals surface area contributed by atoms with Crippen molar-refractivity contribution in [2.45, 2.75) is 19.0 Å². The highest BCUT2D eigenvalue weighted by Gasteiger charge is 2.10. The molecule has 1 aromatic heterocycles. The van der Waals surface area contributed by atoms with E-state index in [1.54, 1.807) is 4.68 Å². The van der Waals surface area contributed by atoms with Crippen LogP contribution in [0.25, 0.3) is 0 Å². The molecule has 0 spiro atoms. The lowest BCUT2D eigenvalue weighted by Crippen LogP contribution is -2.20. The van der Waals surface area contributed by atoms with Gasteiger partial charge < -0.3 is 5.32 Å². The standard InChI is InChI=1S/C14H16N4/c1-18-11-12(10-17-18)9-16-14(7-8-15)13-5-3-2-4-6-13/h2-6,10-11,14,16H,7,9H2,1H3. The molecule has 1 atom stereocenters. The Morgan fingerprint density at radius 2 is 2.17 bits per heavy atom. The molecule has 0 aliphatic rings. The highest BCUT2D eigenvalue weighted by atomic mass is 15.2. The second kappa shape index (κ2) is 5.99. The third kappa shape index (κ3) is 3.19. The highest BCUT2D eigenvalue weighted by molar-refractivity contribution is 5.20. The molecular weight excluding hydrogens is 224 g/mol. The lowest BCUT2D eigenvalue weighted by atomic mass is 10.0. The summed E-state index contributed by atoms with van der Waals surface area (Å²) in [6, 6.07) is 12.3. The summed E-state index contributed by atoms with van der Waals surface area (Å²) < 4.78 is 1.78. The average Bonchev–Trinajstić information content (AvgIpc) is 2.81. The van der Waals surface area contributed by atoms with Gasteiger partial charge in [-0.3, -0.25) is 4.68 Å². The van der Waals surface area contributed by atoms with Gasteiger partial charge in [0.1, 0.15) is 0 Å². The Morgan fingerprint density at radius 1 is 1.39 bits per heavy atom. The fourth-order valence-corrected chi connectivity index (χ4v) is 1.89. The summed E-state index contributed by atoms with van der Waals surface area (Å²) in [4.78, 5) is 0. The number of nitrogens with zero attached hydrogens (tertiary/aromatic N) is 3. The second-order valence-corrected chi connectivity index (χ2v) is 4.23. The summed E-state index contributed by atoms with van der Waals surface area (Å²) in [6.45, 7) is 0.717. The number of aromatic nitrogens is 2. The molecule has 18 heavy (non-hydrogen) atoms. The summed E-state index contributed by atoms with van der Waals surface area (Å²) in [6.07, 6.45) is 4.27. The molecule has 4 nitrogen and oxygen atoms in total. The van der Waals surface area contributed by atoms with Crippen LogP contribution in [0.4, 0.5) is 0 Å². The van der Waals surface area contributed by atoms with Crippen molar-refractivity contribution >= 4 is 0 Å². The van der Waals surface area contributed by atoms with Crippen molar-refractivity contribution in [1.29, 1.82) is 5.26 Å². The molecule has 2 aromatic rings. The van der Waals surface area contributed by atoms with Gasteiger partial charge in [0, 0.05) is 31.4 Å². The Morgan fingerprint density at radius 3 is 2.78 bits per heavy atom. The van der Waals surface area contributed by atoms with Crippen molar-refractivity contribution in [3.8, 4) is 6.07 Å². The van der Waals surface area contributed by atoms with E-state index in [0.29, 0.717) is 6.42 Å². The SMILES string of the molecule is Cn1cc(CNC(CC#N)c2ccccc2)cn1. The Kier molecular flexibility index (Phi) is 4.11. The van der Waals surface area contributed by atoms with Crippen molar-refractivity contribution in [2.75, 3.05) is 0 Å². The third-order valence-corrected chi connectivity index (χ3v) is 2.81. The minimum atomic E-state index is 0.0661. The van der Waals surface area contributed by atoms with Crippen LogP contribution in [-0.2, 0) is 13.6 Å². The molecule has 4 heteroatoms. The van der Waals surface area contributed by atoms with Gasteiger partial charge in [-0.2, -0.15) is 10.4 Å². The zero-order valence-corrected chi connectivity index (χ0v) is 10.4. The number of nitrogens with one attached hydrogen (secondary N) is 1. The van der Waals surface area contributed by atoms with Crippen LogP contribution in [0.5, 0.6) is 0 Å². The molecule has 0 aliphatic heterocycles. The van der Waals surface area contributed by atoms with E-state index in [4.69, 9.17) is 5.26 Å². The molecular formula is C14H16N4. The summed E-state index contributed by atoms with van der Waals surface area (Å²) in [7, 11) is 1.90. The molecule has 0 saturated carbocycles. The predicted octanol–water partition coefficient (Wildman–Crippen LogP) is 2.16. The van der Waals surface area contributed by atoms with E-state index in [1.165, 1.54) is 0 Å². The van der Waals surface area contributed by atoms with Gasteiger partial charge in [0.25, 0.3) is 0 Å². The van der Waals surface area contributed by atoms with Crippen molar-refractivity contribution in [3.63, 3.8) is 0 Å². The van der Waals surface area contributed by atoms with E-state index in [0.717, 1.165) is 17.7 Å². The Bertz CT molecular complexity index is 524. The first-order valence-electron chi connectivity index (χ1n) is 5.92. The van der Waals surface area contributed by atoms with Crippen LogP contribution in [0.1, 0.15) is 23.6 Å². The topological polar surface area (TPSA) is 53.6 Å². The van der Waals surface area contributed by atoms with E-state index < -0.39 is 0 Å². The first kappa shape index (κ1) is 12.3. The lowest BCUT2D eigenvalue weighted by Gasteiger charge is -2.15. The van der Waals surface area contributed by atoms with E-state index in [1.807, 2.05) is 49.8 Å². The van der Waals surface area contributed by atoms with E-state index >= 15 is 0 Å². The molecule has 0 radical (unpaired) electrons. The van der Waals surface area contributed by atoms with E-state index in [9.17, 15) is 0 Å². The predicted molar refractivity (Wildman–Crippen MR) is 69.5 cm³/mol. The number of aryl methyl sites for hydroxylation is 1. The highest BCUT2D eigenvalue weighted by Crippen LogP contribution is 2.16. The van der Waals surface area contributed by atoms with Crippen molar-refractivity contribution in [2.24, 2.45) is 7.05 Å². The number of hydrogen-bond acceptors (Lipinski definition) is 3. The molecule has 1 unspecified atom stereocenters. The van der Waals surface area contributed by atoms with Gasteiger partial charge in [0.05, 0.1) is 18.7 Å². The molecule has 0 saturated heterocycles. The zero-order valence-electron chi connectivity index (χ0n) is 10.4. The molecule has 2 rings (SSSR count). The molecule has 0 bridgehead atoms. The summed E-state index contributed by atoms with van der Waals surface area (Å²) >= 11 is 0. The van der Waals surface area contributed by atoms with Crippen LogP contribution >= 0.6 is 0 Å². The second-order valence-electron chi connectivity index (χ2n) is 4.23. The normalized spacial score (nSPS) is 12.0. The average molecular weight is 240 g/mol. The first-order chi connectivity index (χ1) is 8.79. The van der Waals surface area contributed by atoms with Gasteiger partial charge in [-0.1, -0.05) is 30.3 Å². The monoisotopic (exact) mass is 240 g/mol. The van der Waals surface area contributed by atoms with Crippen LogP contribution in [0.2, 0.25) is 0 Å². The summed E-state index contributed by atoms with van der Waals surface area (Å²) in [5.41, 5.74) is 2.26. The van der Waals surface area contributed by atoms with Crippen molar-refractivity contribution < 1.29 is 0 Å². The van der Waals surface area contributed by atoms with Crippen LogP contribution in [-0.4, -0.2) is 9.78 Å². The molecule has 0 amide bonds.